The minimum Gasteiger partial charge on any atom is -0.385 e. The molecule has 1 unspecified atom stereocenters. The van der Waals surface area contributed by atoms with Crippen LogP contribution in [-0.2, 0) is 4.74 Å². The average Bonchev–Trinajstić information content (AvgIpc) is 2.70. The van der Waals surface area contributed by atoms with Crippen molar-refractivity contribution in [1.29, 1.82) is 0 Å². The molecule has 1 saturated heterocycles. The lowest BCUT2D eigenvalue weighted by molar-refractivity contribution is 0.124. The van der Waals surface area contributed by atoms with E-state index < -0.39 is 0 Å². The topological polar surface area (TPSA) is 24.5 Å². The summed E-state index contributed by atoms with van der Waals surface area (Å²) in [7, 11) is 1.79. The van der Waals surface area contributed by atoms with Gasteiger partial charge in [0.15, 0.2) is 0 Å². The molecule has 1 aliphatic rings. The molecule has 3 nitrogen and oxygen atoms in total. The summed E-state index contributed by atoms with van der Waals surface area (Å²) in [5.41, 5.74) is 0.371. The van der Waals surface area contributed by atoms with Gasteiger partial charge in [0.25, 0.3) is 0 Å². The Labute approximate surface area is 107 Å². The third-order valence-electron chi connectivity index (χ3n) is 3.59. The summed E-state index contributed by atoms with van der Waals surface area (Å²) in [6.07, 6.45) is 3.68. The molecule has 0 saturated carbocycles. The Morgan fingerprint density at radius 2 is 2.18 bits per heavy atom. The van der Waals surface area contributed by atoms with Crippen molar-refractivity contribution >= 4 is 0 Å². The maximum absolute atomic E-state index is 5.19. The van der Waals surface area contributed by atoms with E-state index in [1.165, 1.54) is 32.5 Å². The Morgan fingerprint density at radius 1 is 1.41 bits per heavy atom. The van der Waals surface area contributed by atoms with Gasteiger partial charge in [-0.1, -0.05) is 20.8 Å². The number of ether oxygens (including phenoxy) is 1. The lowest BCUT2D eigenvalue weighted by atomic mass is 9.89. The Balaban J connectivity index is 2.24. The molecule has 0 aliphatic carbocycles. The van der Waals surface area contributed by atoms with Crippen molar-refractivity contribution in [2.75, 3.05) is 39.9 Å². The second-order valence-electron chi connectivity index (χ2n) is 6.08. The van der Waals surface area contributed by atoms with Crippen LogP contribution < -0.4 is 5.32 Å². The second-order valence-corrected chi connectivity index (χ2v) is 6.08. The van der Waals surface area contributed by atoms with Gasteiger partial charge in [-0.2, -0.15) is 0 Å². The van der Waals surface area contributed by atoms with Crippen LogP contribution in [-0.4, -0.2) is 50.8 Å². The predicted octanol–water partition coefficient (Wildman–Crippen LogP) is 2.12. The van der Waals surface area contributed by atoms with Crippen LogP contribution in [0.2, 0.25) is 0 Å². The summed E-state index contributed by atoms with van der Waals surface area (Å²) in [5, 5.41) is 3.62. The van der Waals surface area contributed by atoms with Crippen LogP contribution in [0.15, 0.2) is 0 Å². The molecule has 1 atom stereocenters. The lowest BCUT2D eigenvalue weighted by Gasteiger charge is -2.30. The van der Waals surface area contributed by atoms with Gasteiger partial charge < -0.3 is 15.0 Å². The standard InChI is InChI=1S/C14H30N2O/c1-5-8-15-13-6-9-16(11-13)12-14(2,3)7-10-17-4/h13,15H,5-12H2,1-4H3. The van der Waals surface area contributed by atoms with E-state index in [9.17, 15) is 0 Å². The van der Waals surface area contributed by atoms with E-state index in [1.54, 1.807) is 7.11 Å². The quantitative estimate of drug-likeness (QED) is 0.705. The van der Waals surface area contributed by atoms with E-state index in [4.69, 9.17) is 4.74 Å². The van der Waals surface area contributed by atoms with E-state index in [0.29, 0.717) is 11.5 Å². The van der Waals surface area contributed by atoms with Crippen molar-refractivity contribution in [3.8, 4) is 0 Å². The van der Waals surface area contributed by atoms with Gasteiger partial charge in [-0.3, -0.25) is 0 Å². The molecule has 1 aliphatic heterocycles. The van der Waals surface area contributed by atoms with Gasteiger partial charge >= 0.3 is 0 Å². The number of methoxy groups -OCH3 is 1. The first-order valence-electron chi connectivity index (χ1n) is 7.02. The molecule has 0 aromatic carbocycles. The molecule has 1 fully saturated rings. The molecule has 102 valence electrons. The minimum atomic E-state index is 0.371. The van der Waals surface area contributed by atoms with Crippen LogP contribution in [0.4, 0.5) is 0 Å². The summed E-state index contributed by atoms with van der Waals surface area (Å²) in [5.74, 6) is 0. The highest BCUT2D eigenvalue weighted by Gasteiger charge is 2.27. The maximum atomic E-state index is 5.19. The van der Waals surface area contributed by atoms with Gasteiger partial charge in [-0.25, -0.2) is 0 Å². The third kappa shape index (κ3) is 5.84. The number of hydrogen-bond acceptors (Lipinski definition) is 3. The summed E-state index contributed by atoms with van der Waals surface area (Å²) in [6, 6.07) is 0.716. The van der Waals surface area contributed by atoms with Gasteiger partial charge in [-0.05, 0) is 37.8 Å². The zero-order chi connectivity index (χ0) is 12.7. The van der Waals surface area contributed by atoms with Crippen molar-refractivity contribution < 1.29 is 4.74 Å². The van der Waals surface area contributed by atoms with Gasteiger partial charge in [0.05, 0.1) is 0 Å². The molecule has 1 rings (SSSR count). The fraction of sp³-hybridized carbons (Fsp3) is 1.00. The largest absolute Gasteiger partial charge is 0.385 e. The molecule has 0 amide bonds. The summed E-state index contributed by atoms with van der Waals surface area (Å²) in [4.78, 5) is 2.60. The summed E-state index contributed by atoms with van der Waals surface area (Å²) in [6.45, 7) is 12.6. The summed E-state index contributed by atoms with van der Waals surface area (Å²) < 4.78 is 5.19. The number of likely N-dealkylation sites (tertiary alicyclic amines) is 1. The van der Waals surface area contributed by atoms with Crippen molar-refractivity contribution in [3.63, 3.8) is 0 Å². The first-order chi connectivity index (χ1) is 8.07. The van der Waals surface area contributed by atoms with Crippen molar-refractivity contribution in [1.82, 2.24) is 10.2 Å². The molecule has 3 heteroatoms. The number of rotatable bonds is 8. The smallest absolute Gasteiger partial charge is 0.0467 e. The van der Waals surface area contributed by atoms with Gasteiger partial charge in [0, 0.05) is 32.8 Å². The molecule has 0 bridgehead atoms. The van der Waals surface area contributed by atoms with E-state index in [1.807, 2.05) is 0 Å². The minimum absolute atomic E-state index is 0.371. The zero-order valence-corrected chi connectivity index (χ0v) is 12.1. The molecule has 0 aromatic rings. The molecule has 1 N–H and O–H groups in total. The van der Waals surface area contributed by atoms with Crippen LogP contribution >= 0.6 is 0 Å². The van der Waals surface area contributed by atoms with Gasteiger partial charge in [-0.15, -0.1) is 0 Å². The fourth-order valence-electron chi connectivity index (χ4n) is 2.55. The fourth-order valence-corrected chi connectivity index (χ4v) is 2.55. The highest BCUT2D eigenvalue weighted by Crippen LogP contribution is 2.24. The number of nitrogens with zero attached hydrogens (tertiary/aromatic N) is 1. The SMILES string of the molecule is CCCNC1CCN(CC(C)(C)CCOC)C1. The molecular formula is C14H30N2O. The molecule has 0 spiro atoms. The van der Waals surface area contributed by atoms with Crippen molar-refractivity contribution in [2.24, 2.45) is 5.41 Å². The zero-order valence-electron chi connectivity index (χ0n) is 12.1. The number of hydrogen-bond donors (Lipinski definition) is 1. The number of nitrogens with one attached hydrogen (secondary N) is 1. The maximum Gasteiger partial charge on any atom is 0.0467 e. The predicted molar refractivity (Wildman–Crippen MR) is 73.4 cm³/mol. The van der Waals surface area contributed by atoms with Crippen LogP contribution in [0.1, 0.15) is 40.0 Å². The van der Waals surface area contributed by atoms with Crippen LogP contribution in [0.25, 0.3) is 0 Å². The Bertz CT molecular complexity index is 206. The highest BCUT2D eigenvalue weighted by atomic mass is 16.5. The summed E-state index contributed by atoms with van der Waals surface area (Å²) >= 11 is 0. The van der Waals surface area contributed by atoms with E-state index in [0.717, 1.165) is 19.6 Å². The van der Waals surface area contributed by atoms with Crippen LogP contribution in [0.3, 0.4) is 0 Å². The van der Waals surface area contributed by atoms with Gasteiger partial charge in [0.1, 0.15) is 0 Å². The van der Waals surface area contributed by atoms with E-state index in [2.05, 4.69) is 31.0 Å². The van der Waals surface area contributed by atoms with Crippen LogP contribution in [0.5, 0.6) is 0 Å². The Morgan fingerprint density at radius 3 is 2.82 bits per heavy atom. The monoisotopic (exact) mass is 242 g/mol. The Kier molecular flexibility index (Phi) is 6.45. The van der Waals surface area contributed by atoms with Crippen molar-refractivity contribution in [3.05, 3.63) is 0 Å². The lowest BCUT2D eigenvalue weighted by Crippen LogP contribution is -2.37. The van der Waals surface area contributed by atoms with Gasteiger partial charge in [0.2, 0.25) is 0 Å². The van der Waals surface area contributed by atoms with E-state index in [-0.39, 0.29) is 0 Å². The Hall–Kier alpha value is -0.120. The molecule has 0 aromatic heterocycles. The normalized spacial score (nSPS) is 22.2. The van der Waals surface area contributed by atoms with E-state index >= 15 is 0 Å². The molecular weight excluding hydrogens is 212 g/mol. The molecule has 1 heterocycles. The highest BCUT2D eigenvalue weighted by molar-refractivity contribution is 4.84. The first kappa shape index (κ1) is 14.9. The van der Waals surface area contributed by atoms with Crippen molar-refractivity contribution in [2.45, 2.75) is 46.1 Å². The first-order valence-corrected chi connectivity index (χ1v) is 7.02. The average molecular weight is 242 g/mol. The third-order valence-corrected chi connectivity index (χ3v) is 3.59. The molecule has 0 radical (unpaired) electrons. The molecule has 17 heavy (non-hydrogen) atoms. The van der Waals surface area contributed by atoms with Crippen LogP contribution in [0, 0.1) is 5.41 Å². The second kappa shape index (κ2) is 7.34.